The quantitative estimate of drug-likeness (QED) is 0.646. The highest BCUT2D eigenvalue weighted by atomic mass is 35.5. The van der Waals surface area contributed by atoms with E-state index in [1.165, 1.54) is 18.5 Å². The Balaban J connectivity index is 2.49. The first-order chi connectivity index (χ1) is 6.50. The van der Waals surface area contributed by atoms with Gasteiger partial charge in [-0.1, -0.05) is 32.4 Å². The first-order valence-electron chi connectivity index (χ1n) is 5.26. The van der Waals surface area contributed by atoms with Crippen molar-refractivity contribution in [1.29, 1.82) is 0 Å². The van der Waals surface area contributed by atoms with Crippen LogP contribution in [0.1, 0.15) is 45.0 Å². The van der Waals surface area contributed by atoms with Gasteiger partial charge in [-0.15, -0.1) is 0 Å². The highest BCUT2D eigenvalue weighted by Crippen LogP contribution is 2.33. The van der Waals surface area contributed by atoms with Crippen LogP contribution in [0.25, 0.3) is 0 Å². The Morgan fingerprint density at radius 3 is 2.57 bits per heavy atom. The van der Waals surface area contributed by atoms with E-state index in [4.69, 9.17) is 11.6 Å². The lowest BCUT2D eigenvalue weighted by atomic mass is 9.92. The Hall–Kier alpha value is -0.500. The van der Waals surface area contributed by atoms with Gasteiger partial charge in [-0.3, -0.25) is 4.68 Å². The number of hydrogen-bond acceptors (Lipinski definition) is 1. The van der Waals surface area contributed by atoms with Gasteiger partial charge >= 0.3 is 0 Å². The first-order valence-corrected chi connectivity index (χ1v) is 5.63. The van der Waals surface area contributed by atoms with Crippen molar-refractivity contribution >= 4 is 11.6 Å². The number of halogens is 1. The second-order valence-electron chi connectivity index (χ2n) is 5.04. The molecule has 2 nitrogen and oxygen atoms in total. The second kappa shape index (κ2) is 3.27. The molecule has 0 radical (unpaired) electrons. The largest absolute Gasteiger partial charge is 0.268 e. The summed E-state index contributed by atoms with van der Waals surface area (Å²) in [6.45, 7) is 7.51. The molecule has 1 aromatic rings. The minimum Gasteiger partial charge on any atom is -0.268 e. The summed E-state index contributed by atoms with van der Waals surface area (Å²) >= 11 is 6.34. The monoisotopic (exact) mass is 212 g/mol. The van der Waals surface area contributed by atoms with E-state index in [1.807, 2.05) is 0 Å². The summed E-state index contributed by atoms with van der Waals surface area (Å²) < 4.78 is 2.09. The molecule has 0 unspecified atom stereocenters. The third kappa shape index (κ3) is 1.56. The molecule has 1 aliphatic heterocycles. The topological polar surface area (TPSA) is 17.8 Å². The molecule has 0 saturated carbocycles. The summed E-state index contributed by atoms with van der Waals surface area (Å²) in [5.41, 5.74) is 2.35. The number of fused-ring (bicyclic) bond motifs is 1. The van der Waals surface area contributed by atoms with Gasteiger partial charge in [0.25, 0.3) is 0 Å². The summed E-state index contributed by atoms with van der Waals surface area (Å²) in [6.07, 6.45) is 3.56. The number of aromatic nitrogens is 2. The van der Waals surface area contributed by atoms with Crippen molar-refractivity contribution in [3.05, 3.63) is 16.4 Å². The van der Waals surface area contributed by atoms with Crippen LogP contribution in [-0.2, 0) is 18.4 Å². The summed E-state index contributed by atoms with van der Waals surface area (Å²) in [4.78, 5) is 0. The molecule has 0 atom stereocenters. The normalized spacial score (nSPS) is 16.9. The fraction of sp³-hybridized carbons (Fsp3) is 0.727. The van der Waals surface area contributed by atoms with Crippen molar-refractivity contribution in [2.24, 2.45) is 0 Å². The van der Waals surface area contributed by atoms with Gasteiger partial charge in [0.2, 0.25) is 0 Å². The van der Waals surface area contributed by atoms with Crippen molar-refractivity contribution in [2.45, 2.75) is 52.0 Å². The molecule has 0 saturated heterocycles. The van der Waals surface area contributed by atoms with Crippen LogP contribution in [0.5, 0.6) is 0 Å². The van der Waals surface area contributed by atoms with Gasteiger partial charge in [0.05, 0.1) is 16.4 Å². The van der Waals surface area contributed by atoms with E-state index in [0.717, 1.165) is 23.7 Å². The van der Waals surface area contributed by atoms with Gasteiger partial charge < -0.3 is 0 Å². The van der Waals surface area contributed by atoms with E-state index in [9.17, 15) is 0 Å². The van der Waals surface area contributed by atoms with Crippen LogP contribution >= 0.6 is 11.6 Å². The van der Waals surface area contributed by atoms with Crippen molar-refractivity contribution < 1.29 is 0 Å². The molecule has 3 heteroatoms. The molecule has 1 aromatic heterocycles. The Morgan fingerprint density at radius 2 is 2.00 bits per heavy atom. The number of aryl methyl sites for hydroxylation is 1. The van der Waals surface area contributed by atoms with E-state index in [0.29, 0.717) is 0 Å². The molecule has 0 aliphatic carbocycles. The van der Waals surface area contributed by atoms with Crippen LogP contribution in [0.2, 0.25) is 5.02 Å². The molecule has 0 fully saturated rings. The molecule has 0 bridgehead atoms. The highest BCUT2D eigenvalue weighted by Gasteiger charge is 2.26. The van der Waals surface area contributed by atoms with Gasteiger partial charge in [0.1, 0.15) is 0 Å². The standard InChI is InChI=1S/C11H17ClN2/c1-11(2,3)10-9(12)8-6-4-5-7-14(8)13-10/h4-7H2,1-3H3. The molecule has 0 spiro atoms. The van der Waals surface area contributed by atoms with E-state index in [-0.39, 0.29) is 5.41 Å². The van der Waals surface area contributed by atoms with E-state index < -0.39 is 0 Å². The number of hydrogen-bond donors (Lipinski definition) is 0. The summed E-state index contributed by atoms with van der Waals surface area (Å²) in [5, 5.41) is 5.51. The average Bonchev–Trinajstić information content (AvgIpc) is 2.44. The Bertz CT molecular complexity index is 347. The number of rotatable bonds is 0. The lowest BCUT2D eigenvalue weighted by Gasteiger charge is -2.15. The average molecular weight is 213 g/mol. The van der Waals surface area contributed by atoms with Crippen LogP contribution in [0, 0.1) is 0 Å². The molecular weight excluding hydrogens is 196 g/mol. The zero-order chi connectivity index (χ0) is 10.3. The fourth-order valence-electron chi connectivity index (χ4n) is 1.93. The zero-order valence-electron chi connectivity index (χ0n) is 9.10. The lowest BCUT2D eigenvalue weighted by Crippen LogP contribution is -2.14. The molecular formula is C11H17ClN2. The van der Waals surface area contributed by atoms with E-state index in [2.05, 4.69) is 30.6 Å². The Labute approximate surface area is 90.3 Å². The molecule has 1 aliphatic rings. The van der Waals surface area contributed by atoms with Crippen molar-refractivity contribution in [2.75, 3.05) is 0 Å². The third-order valence-electron chi connectivity index (χ3n) is 2.74. The van der Waals surface area contributed by atoms with Crippen LogP contribution in [-0.4, -0.2) is 9.78 Å². The molecule has 0 amide bonds. The molecule has 14 heavy (non-hydrogen) atoms. The maximum atomic E-state index is 6.34. The smallest absolute Gasteiger partial charge is 0.0867 e. The summed E-state index contributed by atoms with van der Waals surface area (Å²) in [5.74, 6) is 0. The van der Waals surface area contributed by atoms with E-state index in [1.54, 1.807) is 0 Å². The fourth-order valence-corrected chi connectivity index (χ4v) is 2.45. The minimum atomic E-state index is 0.0570. The van der Waals surface area contributed by atoms with Gasteiger partial charge in [0, 0.05) is 12.0 Å². The first kappa shape index (κ1) is 10.0. The predicted octanol–water partition coefficient (Wildman–Crippen LogP) is 3.17. The van der Waals surface area contributed by atoms with Crippen molar-refractivity contribution in [1.82, 2.24) is 9.78 Å². The lowest BCUT2D eigenvalue weighted by molar-refractivity contribution is 0.470. The zero-order valence-corrected chi connectivity index (χ0v) is 9.86. The predicted molar refractivity (Wildman–Crippen MR) is 58.9 cm³/mol. The Kier molecular flexibility index (Phi) is 2.34. The molecule has 2 heterocycles. The van der Waals surface area contributed by atoms with Crippen molar-refractivity contribution in [3.63, 3.8) is 0 Å². The second-order valence-corrected chi connectivity index (χ2v) is 5.42. The molecule has 2 rings (SSSR count). The maximum Gasteiger partial charge on any atom is 0.0867 e. The summed E-state index contributed by atoms with van der Waals surface area (Å²) in [6, 6.07) is 0. The van der Waals surface area contributed by atoms with Crippen molar-refractivity contribution in [3.8, 4) is 0 Å². The maximum absolute atomic E-state index is 6.34. The Morgan fingerprint density at radius 1 is 1.29 bits per heavy atom. The van der Waals surface area contributed by atoms with E-state index >= 15 is 0 Å². The SMILES string of the molecule is CC(C)(C)c1nn2c(c1Cl)CCCC2. The van der Waals surface area contributed by atoms with Gasteiger partial charge in [-0.2, -0.15) is 5.10 Å². The molecule has 0 N–H and O–H groups in total. The molecule has 0 aromatic carbocycles. The third-order valence-corrected chi connectivity index (χ3v) is 3.13. The van der Waals surface area contributed by atoms with Crippen LogP contribution in [0.4, 0.5) is 0 Å². The van der Waals surface area contributed by atoms with Gasteiger partial charge in [0.15, 0.2) is 0 Å². The minimum absolute atomic E-state index is 0.0570. The summed E-state index contributed by atoms with van der Waals surface area (Å²) in [7, 11) is 0. The highest BCUT2D eigenvalue weighted by molar-refractivity contribution is 6.32. The van der Waals surface area contributed by atoms with Crippen LogP contribution in [0.3, 0.4) is 0 Å². The van der Waals surface area contributed by atoms with Gasteiger partial charge in [-0.25, -0.2) is 0 Å². The van der Waals surface area contributed by atoms with Crippen LogP contribution < -0.4 is 0 Å². The molecule has 78 valence electrons. The number of nitrogens with zero attached hydrogens (tertiary/aromatic N) is 2. The van der Waals surface area contributed by atoms with Gasteiger partial charge in [-0.05, 0) is 19.3 Å². The van der Waals surface area contributed by atoms with Crippen LogP contribution in [0.15, 0.2) is 0 Å².